The highest BCUT2D eigenvalue weighted by molar-refractivity contribution is 8.15. The number of nitrogens with zero attached hydrogens (tertiary/aromatic N) is 2. The van der Waals surface area contributed by atoms with Crippen LogP contribution in [-0.2, 0) is 0 Å². The Morgan fingerprint density at radius 3 is 2.39 bits per heavy atom. The summed E-state index contributed by atoms with van der Waals surface area (Å²) in [4.78, 5) is 21.1. The van der Waals surface area contributed by atoms with Crippen LogP contribution in [0.3, 0.4) is 0 Å². The molecule has 1 aromatic carbocycles. The minimum absolute atomic E-state index is 0.106. The molecule has 0 aromatic heterocycles. The molecule has 0 aliphatic carbocycles. The van der Waals surface area contributed by atoms with E-state index in [0.29, 0.717) is 21.3 Å². The SMILES string of the molecule is CSC1=NC(C)(C)N=C1C(=O)c1ccc(Cl)cc1. The number of benzene rings is 1. The summed E-state index contributed by atoms with van der Waals surface area (Å²) in [7, 11) is 0. The fraction of sp³-hybridized carbons (Fsp3) is 0.308. The molecule has 0 saturated carbocycles. The van der Waals surface area contributed by atoms with Gasteiger partial charge in [0.15, 0.2) is 0 Å². The molecule has 1 aliphatic rings. The molecule has 5 heteroatoms. The van der Waals surface area contributed by atoms with Crippen LogP contribution in [0.2, 0.25) is 5.02 Å². The van der Waals surface area contributed by atoms with E-state index >= 15 is 0 Å². The molecule has 1 aliphatic heterocycles. The molecule has 0 amide bonds. The summed E-state index contributed by atoms with van der Waals surface area (Å²) in [5.41, 5.74) is 0.475. The molecule has 0 spiro atoms. The predicted octanol–water partition coefficient (Wildman–Crippen LogP) is 3.47. The van der Waals surface area contributed by atoms with Crippen LogP contribution in [0.5, 0.6) is 0 Å². The van der Waals surface area contributed by atoms with Gasteiger partial charge in [0.25, 0.3) is 0 Å². The molecule has 0 unspecified atom stereocenters. The number of Topliss-reactive ketones (excluding diaryl/α,β-unsaturated/α-hetero) is 1. The van der Waals surface area contributed by atoms with Crippen LogP contribution in [0.25, 0.3) is 0 Å². The van der Waals surface area contributed by atoms with Gasteiger partial charge in [0.1, 0.15) is 16.4 Å². The summed E-state index contributed by atoms with van der Waals surface area (Å²) in [6, 6.07) is 6.81. The second-order valence-corrected chi connectivity index (χ2v) is 5.64. The molecule has 2 rings (SSSR count). The second kappa shape index (κ2) is 4.86. The molecule has 0 bridgehead atoms. The van der Waals surface area contributed by atoms with Crippen LogP contribution >= 0.6 is 23.4 Å². The lowest BCUT2D eigenvalue weighted by Crippen LogP contribution is -2.20. The first-order chi connectivity index (χ1) is 8.43. The average molecular weight is 281 g/mol. The molecule has 1 heterocycles. The van der Waals surface area contributed by atoms with E-state index < -0.39 is 5.66 Å². The average Bonchev–Trinajstić information content (AvgIpc) is 2.65. The Balaban J connectivity index is 2.35. The molecule has 3 nitrogen and oxygen atoms in total. The number of aliphatic imine (C=N–C) groups is 2. The maximum absolute atomic E-state index is 12.3. The largest absolute Gasteiger partial charge is 0.287 e. The molecule has 0 saturated heterocycles. The Labute approximate surface area is 115 Å². The number of rotatable bonds is 2. The fourth-order valence-electron chi connectivity index (χ4n) is 1.68. The van der Waals surface area contributed by atoms with Crippen LogP contribution in [0.1, 0.15) is 24.2 Å². The zero-order valence-electron chi connectivity index (χ0n) is 10.4. The lowest BCUT2D eigenvalue weighted by atomic mass is 10.1. The maximum Gasteiger partial charge on any atom is 0.213 e. The normalized spacial score (nSPS) is 17.3. The maximum atomic E-state index is 12.3. The lowest BCUT2D eigenvalue weighted by Gasteiger charge is -2.07. The van der Waals surface area contributed by atoms with Gasteiger partial charge in [-0.15, -0.1) is 11.8 Å². The van der Waals surface area contributed by atoms with Gasteiger partial charge in [-0.2, -0.15) is 0 Å². The van der Waals surface area contributed by atoms with E-state index in [9.17, 15) is 4.79 Å². The Morgan fingerprint density at radius 2 is 1.83 bits per heavy atom. The molecular weight excluding hydrogens is 268 g/mol. The molecular formula is C13H13ClN2OS. The monoisotopic (exact) mass is 280 g/mol. The van der Waals surface area contributed by atoms with Crippen LogP contribution in [0, 0.1) is 0 Å². The van der Waals surface area contributed by atoms with Gasteiger partial charge < -0.3 is 0 Å². The standard InChI is InChI=1S/C13H13ClN2OS/c1-13(2)15-10(12(16-13)18-3)11(17)8-4-6-9(14)7-5-8/h4-7H,1-3H3. The van der Waals surface area contributed by atoms with Crippen molar-refractivity contribution in [2.24, 2.45) is 9.98 Å². The Hall–Kier alpha value is -1.13. The van der Waals surface area contributed by atoms with Crippen LogP contribution in [0.15, 0.2) is 34.3 Å². The summed E-state index contributed by atoms with van der Waals surface area (Å²) < 4.78 is 0. The van der Waals surface area contributed by atoms with Gasteiger partial charge in [-0.05, 0) is 44.4 Å². The van der Waals surface area contributed by atoms with Gasteiger partial charge in [-0.25, -0.2) is 9.98 Å². The van der Waals surface area contributed by atoms with Gasteiger partial charge >= 0.3 is 0 Å². The Kier molecular flexibility index (Phi) is 3.59. The van der Waals surface area contributed by atoms with E-state index in [2.05, 4.69) is 9.98 Å². The Morgan fingerprint density at radius 1 is 1.22 bits per heavy atom. The van der Waals surface area contributed by atoms with Crippen molar-refractivity contribution in [2.75, 3.05) is 6.26 Å². The minimum Gasteiger partial charge on any atom is -0.287 e. The summed E-state index contributed by atoms with van der Waals surface area (Å²) in [5, 5.41) is 1.30. The molecule has 0 N–H and O–H groups in total. The number of carbonyl (C=O) groups excluding carboxylic acids is 1. The zero-order valence-corrected chi connectivity index (χ0v) is 12.0. The zero-order chi connectivity index (χ0) is 13.3. The van der Waals surface area contributed by atoms with E-state index in [4.69, 9.17) is 11.6 Å². The summed E-state index contributed by atoms with van der Waals surface area (Å²) >= 11 is 7.25. The first-order valence-electron chi connectivity index (χ1n) is 5.47. The van der Waals surface area contributed by atoms with Gasteiger partial charge in [0.2, 0.25) is 5.78 Å². The van der Waals surface area contributed by atoms with Crippen LogP contribution in [0.4, 0.5) is 0 Å². The van der Waals surface area contributed by atoms with Crippen molar-refractivity contribution in [2.45, 2.75) is 19.5 Å². The Bertz CT molecular complexity index is 547. The third-order valence-electron chi connectivity index (χ3n) is 2.48. The number of hydrogen-bond donors (Lipinski definition) is 0. The molecule has 94 valence electrons. The first-order valence-corrected chi connectivity index (χ1v) is 7.07. The van der Waals surface area contributed by atoms with Crippen molar-refractivity contribution < 1.29 is 4.79 Å². The number of halogens is 1. The second-order valence-electron chi connectivity index (χ2n) is 4.41. The number of ketones is 1. The third kappa shape index (κ3) is 2.65. The molecule has 1 aromatic rings. The van der Waals surface area contributed by atoms with E-state index in [1.165, 1.54) is 11.8 Å². The minimum atomic E-state index is -0.546. The number of thioether (sulfide) groups is 1. The highest BCUT2D eigenvalue weighted by Crippen LogP contribution is 2.24. The van der Waals surface area contributed by atoms with Gasteiger partial charge in [0, 0.05) is 10.6 Å². The predicted molar refractivity (Wildman–Crippen MR) is 78.2 cm³/mol. The van der Waals surface area contributed by atoms with Crippen molar-refractivity contribution in [1.82, 2.24) is 0 Å². The quantitative estimate of drug-likeness (QED) is 0.779. The van der Waals surface area contributed by atoms with Crippen molar-refractivity contribution in [3.63, 3.8) is 0 Å². The first kappa shape index (κ1) is 13.3. The van der Waals surface area contributed by atoms with Crippen LogP contribution < -0.4 is 0 Å². The van der Waals surface area contributed by atoms with Gasteiger partial charge in [-0.3, -0.25) is 4.79 Å². The highest BCUT2D eigenvalue weighted by atomic mass is 35.5. The summed E-state index contributed by atoms with van der Waals surface area (Å²) in [5.74, 6) is -0.106. The van der Waals surface area contributed by atoms with E-state index in [1.807, 2.05) is 20.1 Å². The van der Waals surface area contributed by atoms with E-state index in [1.54, 1.807) is 24.3 Å². The van der Waals surface area contributed by atoms with E-state index in [-0.39, 0.29) is 5.78 Å². The lowest BCUT2D eigenvalue weighted by molar-refractivity contribution is 0.106. The number of hydrogen-bond acceptors (Lipinski definition) is 4. The van der Waals surface area contributed by atoms with Crippen molar-refractivity contribution in [1.29, 1.82) is 0 Å². The van der Waals surface area contributed by atoms with E-state index in [0.717, 1.165) is 0 Å². The topological polar surface area (TPSA) is 41.8 Å². The number of carbonyl (C=O) groups is 1. The summed E-state index contributed by atoms with van der Waals surface area (Å²) in [6.45, 7) is 3.76. The van der Waals surface area contributed by atoms with Crippen molar-refractivity contribution in [3.05, 3.63) is 34.9 Å². The molecule has 0 atom stereocenters. The molecule has 0 fully saturated rings. The van der Waals surface area contributed by atoms with Gasteiger partial charge in [0.05, 0.1) is 0 Å². The van der Waals surface area contributed by atoms with Crippen LogP contribution in [-0.4, -0.2) is 28.5 Å². The summed E-state index contributed by atoms with van der Waals surface area (Å²) in [6.07, 6.45) is 1.89. The van der Waals surface area contributed by atoms with Crippen molar-refractivity contribution in [3.8, 4) is 0 Å². The fourth-order valence-corrected chi connectivity index (χ4v) is 2.45. The molecule has 18 heavy (non-hydrogen) atoms. The van der Waals surface area contributed by atoms with Gasteiger partial charge in [-0.1, -0.05) is 11.6 Å². The third-order valence-corrected chi connectivity index (χ3v) is 3.40. The van der Waals surface area contributed by atoms with Crippen molar-refractivity contribution >= 4 is 39.9 Å². The molecule has 0 radical (unpaired) electrons. The smallest absolute Gasteiger partial charge is 0.213 e. The highest BCUT2D eigenvalue weighted by Gasteiger charge is 2.31.